The molecule has 0 aliphatic carbocycles. The summed E-state index contributed by atoms with van der Waals surface area (Å²) in [5.74, 6) is 0.0438. The number of nitrogens with two attached hydrogens (primary N) is 1. The quantitative estimate of drug-likeness (QED) is 0.486. The number of nitrogens with zero attached hydrogens (tertiary/aromatic N) is 1. The molecular formula is C13H26N2O3S. The molecule has 0 saturated carbocycles. The van der Waals surface area contributed by atoms with Crippen molar-refractivity contribution >= 4 is 23.1 Å². The van der Waals surface area contributed by atoms with E-state index in [1.165, 1.54) is 0 Å². The molecule has 5 nitrogen and oxygen atoms in total. The molecular weight excluding hydrogens is 264 g/mol. The first-order valence-corrected chi connectivity index (χ1v) is 6.84. The number of ether oxygens (including phenoxy) is 2. The Bertz CT molecular complexity index is 296. The lowest BCUT2D eigenvalue weighted by atomic mass is 10.1. The highest BCUT2D eigenvalue weighted by molar-refractivity contribution is 7.80. The zero-order valence-corrected chi connectivity index (χ0v) is 13.2. The van der Waals surface area contributed by atoms with Crippen LogP contribution >= 0.6 is 12.2 Å². The lowest BCUT2D eigenvalue weighted by molar-refractivity contribution is -0.131. The first-order valence-electron chi connectivity index (χ1n) is 6.43. The summed E-state index contributed by atoms with van der Waals surface area (Å²) in [7, 11) is 3.43. The van der Waals surface area contributed by atoms with E-state index in [0.29, 0.717) is 37.6 Å². The number of thiocarbonyl (C=S) groups is 1. The number of amides is 1. The van der Waals surface area contributed by atoms with Crippen molar-refractivity contribution in [2.75, 3.05) is 33.9 Å². The number of hydrogen-bond donors (Lipinski definition) is 1. The van der Waals surface area contributed by atoms with Crippen LogP contribution in [-0.4, -0.2) is 55.3 Å². The van der Waals surface area contributed by atoms with Gasteiger partial charge in [0.2, 0.25) is 5.91 Å². The summed E-state index contributed by atoms with van der Waals surface area (Å²) in [6, 6.07) is 0. The molecule has 0 aromatic rings. The molecule has 2 N–H and O–H groups in total. The van der Waals surface area contributed by atoms with Crippen LogP contribution < -0.4 is 5.73 Å². The van der Waals surface area contributed by atoms with Crippen molar-refractivity contribution in [3.05, 3.63) is 0 Å². The number of carbonyl (C=O) groups excluding carboxylic acids is 1. The minimum atomic E-state index is -0.183. The Hall–Kier alpha value is -0.720. The second-order valence-corrected chi connectivity index (χ2v) is 5.63. The van der Waals surface area contributed by atoms with Gasteiger partial charge in [0.1, 0.15) is 0 Å². The summed E-state index contributed by atoms with van der Waals surface area (Å²) in [5.41, 5.74) is 5.21. The molecule has 0 rings (SSSR count). The number of carbonyl (C=O) groups is 1. The highest BCUT2D eigenvalue weighted by atomic mass is 32.1. The molecule has 0 aliphatic heterocycles. The van der Waals surface area contributed by atoms with E-state index < -0.39 is 0 Å². The van der Waals surface area contributed by atoms with Gasteiger partial charge in [-0.05, 0) is 20.3 Å². The van der Waals surface area contributed by atoms with Crippen molar-refractivity contribution < 1.29 is 14.3 Å². The highest BCUT2D eigenvalue weighted by Gasteiger charge is 2.15. The number of hydrogen-bond acceptors (Lipinski definition) is 4. The maximum Gasteiger partial charge on any atom is 0.224 e. The third-order valence-corrected chi connectivity index (χ3v) is 3.18. The SMILES string of the molecule is COC(C)(C)CCOCCC(=O)N(C)CCC(N)=S. The zero-order valence-electron chi connectivity index (χ0n) is 12.4. The van der Waals surface area contributed by atoms with E-state index in [1.807, 2.05) is 13.8 Å². The summed E-state index contributed by atoms with van der Waals surface area (Å²) in [5, 5.41) is 0. The average molecular weight is 290 g/mol. The van der Waals surface area contributed by atoms with Gasteiger partial charge in [-0.3, -0.25) is 4.79 Å². The molecule has 1 amide bonds. The van der Waals surface area contributed by atoms with Crippen molar-refractivity contribution in [3.8, 4) is 0 Å². The minimum absolute atomic E-state index is 0.0438. The molecule has 112 valence electrons. The summed E-state index contributed by atoms with van der Waals surface area (Å²) in [6.45, 7) is 5.58. The summed E-state index contributed by atoms with van der Waals surface area (Å²) < 4.78 is 10.7. The Balaban J connectivity index is 3.66. The third kappa shape index (κ3) is 9.81. The lowest BCUT2D eigenvalue weighted by Gasteiger charge is -2.22. The molecule has 0 saturated heterocycles. The third-order valence-electron chi connectivity index (χ3n) is 2.98. The van der Waals surface area contributed by atoms with Gasteiger partial charge in [-0.1, -0.05) is 12.2 Å². The Morgan fingerprint density at radius 3 is 2.47 bits per heavy atom. The summed E-state index contributed by atoms with van der Waals surface area (Å²) in [4.78, 5) is 13.8. The maximum absolute atomic E-state index is 11.7. The highest BCUT2D eigenvalue weighted by Crippen LogP contribution is 2.12. The molecule has 0 aliphatic rings. The molecule has 0 aromatic carbocycles. The van der Waals surface area contributed by atoms with Crippen molar-refractivity contribution in [2.24, 2.45) is 5.73 Å². The second kappa shape index (κ2) is 9.23. The molecule has 0 bridgehead atoms. The van der Waals surface area contributed by atoms with Crippen molar-refractivity contribution in [2.45, 2.75) is 38.7 Å². The van der Waals surface area contributed by atoms with Crippen LogP contribution in [0.4, 0.5) is 0 Å². The number of methoxy groups -OCH3 is 1. The molecule has 6 heteroatoms. The van der Waals surface area contributed by atoms with Gasteiger partial charge in [-0.15, -0.1) is 0 Å². The molecule has 0 fully saturated rings. The normalized spacial score (nSPS) is 11.4. The van der Waals surface area contributed by atoms with Gasteiger partial charge in [0.25, 0.3) is 0 Å². The second-order valence-electron chi connectivity index (χ2n) is 5.11. The van der Waals surface area contributed by atoms with Gasteiger partial charge in [0.15, 0.2) is 0 Å². The largest absolute Gasteiger partial charge is 0.393 e. The fraction of sp³-hybridized carbons (Fsp3) is 0.846. The Morgan fingerprint density at radius 2 is 1.95 bits per heavy atom. The molecule has 19 heavy (non-hydrogen) atoms. The van der Waals surface area contributed by atoms with E-state index >= 15 is 0 Å². The Morgan fingerprint density at radius 1 is 1.32 bits per heavy atom. The van der Waals surface area contributed by atoms with Crippen LogP contribution in [0.15, 0.2) is 0 Å². The standard InChI is InChI=1S/C13H26N2O3S/c1-13(2,17-4)7-10-18-9-6-12(16)15(3)8-5-11(14)19/h5-10H2,1-4H3,(H2,14,19). The van der Waals surface area contributed by atoms with Gasteiger partial charge >= 0.3 is 0 Å². The monoisotopic (exact) mass is 290 g/mol. The number of rotatable bonds is 10. The van der Waals surface area contributed by atoms with Gasteiger partial charge < -0.3 is 20.1 Å². The fourth-order valence-corrected chi connectivity index (χ4v) is 1.37. The molecule has 0 spiro atoms. The predicted molar refractivity (Wildman–Crippen MR) is 80.2 cm³/mol. The van der Waals surface area contributed by atoms with Gasteiger partial charge in [-0.2, -0.15) is 0 Å². The van der Waals surface area contributed by atoms with Crippen LogP contribution in [0.5, 0.6) is 0 Å². The van der Waals surface area contributed by atoms with Crippen LogP contribution in [0.25, 0.3) is 0 Å². The Kier molecular flexibility index (Phi) is 8.88. The van der Waals surface area contributed by atoms with Crippen molar-refractivity contribution in [1.82, 2.24) is 4.90 Å². The molecule has 0 radical (unpaired) electrons. The lowest BCUT2D eigenvalue weighted by Crippen LogP contribution is -2.31. The molecule has 0 heterocycles. The summed E-state index contributed by atoms with van der Waals surface area (Å²) in [6.07, 6.45) is 1.73. The van der Waals surface area contributed by atoms with E-state index in [1.54, 1.807) is 19.1 Å². The van der Waals surface area contributed by atoms with Gasteiger partial charge in [0, 0.05) is 33.7 Å². The van der Waals surface area contributed by atoms with Crippen LogP contribution in [0, 0.1) is 0 Å². The van der Waals surface area contributed by atoms with E-state index in [4.69, 9.17) is 27.4 Å². The average Bonchev–Trinajstić information content (AvgIpc) is 2.35. The first kappa shape index (κ1) is 18.3. The molecule has 0 atom stereocenters. The molecule has 0 aromatic heterocycles. The smallest absolute Gasteiger partial charge is 0.224 e. The van der Waals surface area contributed by atoms with E-state index in [-0.39, 0.29) is 11.5 Å². The van der Waals surface area contributed by atoms with Gasteiger partial charge in [-0.25, -0.2) is 0 Å². The van der Waals surface area contributed by atoms with Crippen LogP contribution in [0.2, 0.25) is 0 Å². The zero-order chi connectivity index (χ0) is 14.9. The van der Waals surface area contributed by atoms with Crippen molar-refractivity contribution in [3.63, 3.8) is 0 Å². The van der Waals surface area contributed by atoms with Gasteiger partial charge in [0.05, 0.1) is 23.6 Å². The van der Waals surface area contributed by atoms with Crippen LogP contribution in [0.1, 0.15) is 33.1 Å². The van der Waals surface area contributed by atoms with Crippen LogP contribution in [-0.2, 0) is 14.3 Å². The van der Waals surface area contributed by atoms with E-state index in [2.05, 4.69) is 0 Å². The first-order chi connectivity index (χ1) is 8.78. The van der Waals surface area contributed by atoms with Crippen LogP contribution in [0.3, 0.4) is 0 Å². The molecule has 0 unspecified atom stereocenters. The van der Waals surface area contributed by atoms with Crippen molar-refractivity contribution in [1.29, 1.82) is 0 Å². The topological polar surface area (TPSA) is 64.8 Å². The van der Waals surface area contributed by atoms with E-state index in [9.17, 15) is 4.79 Å². The maximum atomic E-state index is 11.7. The Labute approximate surface area is 121 Å². The predicted octanol–water partition coefficient (Wildman–Crippen LogP) is 1.34. The minimum Gasteiger partial charge on any atom is -0.393 e. The van der Waals surface area contributed by atoms with E-state index in [0.717, 1.165) is 6.42 Å². The summed E-state index contributed by atoms with van der Waals surface area (Å²) >= 11 is 4.77. The fourth-order valence-electron chi connectivity index (χ4n) is 1.28.